The Morgan fingerprint density at radius 3 is 2.79 bits per heavy atom. The number of fused-ring (bicyclic) bond motifs is 1. The van der Waals surface area contributed by atoms with Gasteiger partial charge in [0.25, 0.3) is 5.91 Å². The first-order chi connectivity index (χ1) is 13.6. The molecule has 1 amide bonds. The fourth-order valence-corrected chi connectivity index (χ4v) is 4.51. The second kappa shape index (κ2) is 6.53. The van der Waals surface area contributed by atoms with Crippen LogP contribution in [-0.4, -0.2) is 41.3 Å². The number of amidine groups is 1. The summed E-state index contributed by atoms with van der Waals surface area (Å²) in [5.41, 5.74) is 0.248. The van der Waals surface area contributed by atoms with E-state index >= 15 is 4.39 Å². The third-order valence-corrected chi connectivity index (χ3v) is 6.28. The van der Waals surface area contributed by atoms with Crippen LogP contribution in [0.1, 0.15) is 34.4 Å². The Labute approximate surface area is 169 Å². The first kappa shape index (κ1) is 19.8. The number of ether oxygens (including phenoxy) is 1. The molecule has 0 spiro atoms. The van der Waals surface area contributed by atoms with Crippen LogP contribution >= 0.6 is 11.3 Å². The molecule has 6 nitrogen and oxygen atoms in total. The van der Waals surface area contributed by atoms with Gasteiger partial charge in [0.2, 0.25) is 0 Å². The minimum Gasteiger partial charge on any atom is -0.385 e. The van der Waals surface area contributed by atoms with Gasteiger partial charge in [0.1, 0.15) is 11.7 Å². The maximum Gasteiger partial charge on any atom is 0.284 e. The van der Waals surface area contributed by atoms with E-state index in [9.17, 15) is 13.6 Å². The van der Waals surface area contributed by atoms with Gasteiger partial charge in [-0.1, -0.05) is 0 Å². The number of alkyl halides is 2. The lowest BCUT2D eigenvalue weighted by Crippen LogP contribution is -2.58. The van der Waals surface area contributed by atoms with Crippen molar-refractivity contribution in [1.29, 1.82) is 0 Å². The molecule has 154 valence electrons. The number of thiazole rings is 1. The summed E-state index contributed by atoms with van der Waals surface area (Å²) in [4.78, 5) is 20.5. The minimum atomic E-state index is -2.28. The molecule has 3 atom stereocenters. The quantitative estimate of drug-likeness (QED) is 0.792. The summed E-state index contributed by atoms with van der Waals surface area (Å²) in [5.74, 6) is -1.64. The number of aromatic nitrogens is 1. The predicted molar refractivity (Wildman–Crippen MR) is 103 cm³/mol. The number of nitrogens with zero attached hydrogens (tertiary/aromatic N) is 2. The molecule has 10 heteroatoms. The van der Waals surface area contributed by atoms with E-state index in [0.29, 0.717) is 5.69 Å². The van der Waals surface area contributed by atoms with Crippen molar-refractivity contribution in [1.82, 2.24) is 4.98 Å². The average Bonchev–Trinajstić information content (AvgIpc) is 3.20. The topological polar surface area (TPSA) is 89.6 Å². The van der Waals surface area contributed by atoms with Crippen molar-refractivity contribution in [2.24, 2.45) is 10.7 Å². The lowest BCUT2D eigenvalue weighted by atomic mass is 9.70. The number of carbonyl (C=O) groups excluding carboxylic acids is 1. The smallest absolute Gasteiger partial charge is 0.284 e. The monoisotopic (exact) mass is 424 g/mol. The van der Waals surface area contributed by atoms with Gasteiger partial charge in [-0.15, -0.1) is 11.3 Å². The zero-order chi connectivity index (χ0) is 21.0. The molecule has 2 aliphatic rings. The first-order valence-electron chi connectivity index (χ1n) is 8.91. The lowest BCUT2D eigenvalue weighted by molar-refractivity contribution is 0.0234. The summed E-state index contributed by atoms with van der Waals surface area (Å²) >= 11 is 1.17. The molecule has 2 aromatic rings. The zero-order valence-electron chi connectivity index (χ0n) is 15.8. The largest absolute Gasteiger partial charge is 0.385 e. The van der Waals surface area contributed by atoms with E-state index in [0.717, 1.165) is 13.0 Å². The van der Waals surface area contributed by atoms with Crippen LogP contribution < -0.4 is 11.1 Å². The van der Waals surface area contributed by atoms with Crippen molar-refractivity contribution in [2.45, 2.75) is 37.1 Å². The highest BCUT2D eigenvalue weighted by atomic mass is 32.1. The van der Waals surface area contributed by atoms with Gasteiger partial charge in [-0.05, 0) is 32.0 Å². The van der Waals surface area contributed by atoms with Crippen LogP contribution in [0.15, 0.2) is 28.6 Å². The van der Waals surface area contributed by atoms with E-state index in [1.165, 1.54) is 23.5 Å². The number of carbonyl (C=O) groups is 1. The normalized spacial score (nSPS) is 31.3. The standard InChI is InChI=1S/C19H19F3N4O2S/c1-10-6-29-15(24-10)14(27)25-11-3-4-13(20)12(5-11)19-9-28-8-18(19,22)7-17(2,21)16(23)26-19/h3-6H,7-9H2,1-2H3,(H2,23,26)(H,25,27)/t17-,18+,19-/m1/s1. The van der Waals surface area contributed by atoms with Gasteiger partial charge < -0.3 is 15.8 Å². The molecule has 3 heterocycles. The number of nitrogens with two attached hydrogens (primary N) is 1. The lowest BCUT2D eigenvalue weighted by Gasteiger charge is -2.43. The average molecular weight is 424 g/mol. The number of anilines is 1. The number of nitrogens with one attached hydrogen (secondary N) is 1. The van der Waals surface area contributed by atoms with Crippen LogP contribution in [-0.2, 0) is 10.3 Å². The molecule has 4 rings (SSSR count). The molecule has 1 saturated heterocycles. The first-order valence-corrected chi connectivity index (χ1v) is 9.79. The second-order valence-corrected chi connectivity index (χ2v) is 8.49. The van der Waals surface area contributed by atoms with Gasteiger partial charge in [0.15, 0.2) is 21.9 Å². The number of hydrogen-bond donors (Lipinski definition) is 2. The van der Waals surface area contributed by atoms with E-state index in [-0.39, 0.29) is 22.9 Å². The molecular weight excluding hydrogens is 405 g/mol. The van der Waals surface area contributed by atoms with Crippen molar-refractivity contribution < 1.29 is 22.7 Å². The summed E-state index contributed by atoms with van der Waals surface area (Å²) < 4.78 is 50.6. The Kier molecular flexibility index (Phi) is 4.47. The Bertz CT molecular complexity index is 1020. The van der Waals surface area contributed by atoms with Gasteiger partial charge >= 0.3 is 0 Å². The van der Waals surface area contributed by atoms with E-state index in [1.54, 1.807) is 12.3 Å². The molecule has 3 N–H and O–H groups in total. The van der Waals surface area contributed by atoms with Crippen LogP contribution in [0.25, 0.3) is 0 Å². The van der Waals surface area contributed by atoms with E-state index in [4.69, 9.17) is 10.5 Å². The van der Waals surface area contributed by atoms with Crippen LogP contribution in [0.2, 0.25) is 0 Å². The Morgan fingerprint density at radius 1 is 1.34 bits per heavy atom. The van der Waals surface area contributed by atoms with Crippen LogP contribution in [0.4, 0.5) is 18.9 Å². The van der Waals surface area contributed by atoms with Crippen molar-refractivity contribution in [2.75, 3.05) is 18.5 Å². The third-order valence-electron chi connectivity index (χ3n) is 5.32. The van der Waals surface area contributed by atoms with Crippen LogP contribution in [0.5, 0.6) is 0 Å². The Hall–Kier alpha value is -2.46. The van der Waals surface area contributed by atoms with E-state index in [1.807, 2.05) is 0 Å². The van der Waals surface area contributed by atoms with Gasteiger partial charge in [-0.3, -0.25) is 9.79 Å². The molecule has 0 saturated carbocycles. The number of aliphatic imine (C=N–C) groups is 1. The van der Waals surface area contributed by atoms with Crippen LogP contribution in [0, 0.1) is 12.7 Å². The van der Waals surface area contributed by atoms with Gasteiger partial charge in [0, 0.05) is 28.7 Å². The number of halogens is 3. The van der Waals surface area contributed by atoms with Crippen molar-refractivity contribution >= 4 is 28.8 Å². The Morgan fingerprint density at radius 2 is 2.10 bits per heavy atom. The van der Waals surface area contributed by atoms with Gasteiger partial charge in [-0.2, -0.15) is 0 Å². The fourth-order valence-electron chi connectivity index (χ4n) is 3.82. The molecule has 0 aliphatic carbocycles. The molecule has 1 aromatic heterocycles. The SMILES string of the molecule is Cc1csc(C(=O)Nc2ccc(F)c([C@]34COC[C@@]3(F)C[C@@](C)(F)C(N)=N4)c2)n1. The molecule has 1 aromatic carbocycles. The highest BCUT2D eigenvalue weighted by Gasteiger charge is 2.65. The molecular formula is C19H19F3N4O2S. The molecule has 1 fully saturated rings. The summed E-state index contributed by atoms with van der Waals surface area (Å²) in [6.07, 6.45) is -0.607. The number of benzene rings is 1. The predicted octanol–water partition coefficient (Wildman–Crippen LogP) is 3.27. The summed E-state index contributed by atoms with van der Waals surface area (Å²) in [5, 5.41) is 4.59. The molecule has 29 heavy (non-hydrogen) atoms. The second-order valence-electron chi connectivity index (χ2n) is 7.63. The molecule has 0 unspecified atom stereocenters. The number of hydrogen-bond acceptors (Lipinski definition) is 6. The minimum absolute atomic E-state index is 0.149. The van der Waals surface area contributed by atoms with Crippen molar-refractivity contribution in [3.63, 3.8) is 0 Å². The summed E-state index contributed by atoms with van der Waals surface area (Å²) in [6.45, 7) is 2.17. The number of rotatable bonds is 3. The molecule has 0 bridgehead atoms. The van der Waals surface area contributed by atoms with Gasteiger partial charge in [-0.25, -0.2) is 18.2 Å². The zero-order valence-corrected chi connectivity index (χ0v) is 16.6. The van der Waals surface area contributed by atoms with E-state index in [2.05, 4.69) is 15.3 Å². The molecule has 2 aliphatic heterocycles. The number of amides is 1. The fraction of sp³-hybridized carbons (Fsp3) is 0.421. The van der Waals surface area contributed by atoms with Crippen LogP contribution in [0.3, 0.4) is 0 Å². The molecule has 0 radical (unpaired) electrons. The maximum atomic E-state index is 15.8. The summed E-state index contributed by atoms with van der Waals surface area (Å²) in [6, 6.07) is 3.73. The van der Waals surface area contributed by atoms with E-state index < -0.39 is 47.5 Å². The van der Waals surface area contributed by atoms with Crippen molar-refractivity contribution in [3.05, 3.63) is 45.7 Å². The third kappa shape index (κ3) is 3.10. The highest BCUT2D eigenvalue weighted by molar-refractivity contribution is 7.11. The van der Waals surface area contributed by atoms with Crippen molar-refractivity contribution in [3.8, 4) is 0 Å². The Balaban J connectivity index is 1.76. The summed E-state index contributed by atoms with van der Waals surface area (Å²) in [7, 11) is 0. The van der Waals surface area contributed by atoms with Gasteiger partial charge in [0.05, 0.1) is 13.2 Å². The number of aryl methyl sites for hydroxylation is 1. The highest BCUT2D eigenvalue weighted by Crippen LogP contribution is 2.53. The maximum absolute atomic E-state index is 15.8.